The van der Waals surface area contributed by atoms with Crippen LogP contribution in [0.4, 0.5) is 4.39 Å². The molecule has 25 heavy (non-hydrogen) atoms. The SMILES string of the molecule is O=C(CCCc1ccc(F)cc1)NCC(=O)NCCN1CCOCC1. The van der Waals surface area contributed by atoms with Gasteiger partial charge in [-0.05, 0) is 30.5 Å². The summed E-state index contributed by atoms with van der Waals surface area (Å²) in [6.07, 6.45) is 1.72. The summed E-state index contributed by atoms with van der Waals surface area (Å²) in [5.74, 6) is -0.591. The molecule has 6 nitrogen and oxygen atoms in total. The lowest BCUT2D eigenvalue weighted by atomic mass is 10.1. The van der Waals surface area contributed by atoms with Gasteiger partial charge < -0.3 is 15.4 Å². The van der Waals surface area contributed by atoms with E-state index in [4.69, 9.17) is 4.74 Å². The smallest absolute Gasteiger partial charge is 0.239 e. The number of carbonyl (C=O) groups excluding carboxylic acids is 2. The van der Waals surface area contributed by atoms with Gasteiger partial charge in [-0.15, -0.1) is 0 Å². The third-order valence-corrected chi connectivity index (χ3v) is 4.08. The molecule has 1 heterocycles. The van der Waals surface area contributed by atoms with Crippen molar-refractivity contribution in [3.8, 4) is 0 Å². The monoisotopic (exact) mass is 351 g/mol. The third kappa shape index (κ3) is 8.09. The van der Waals surface area contributed by atoms with E-state index in [1.807, 2.05) is 0 Å². The Kier molecular flexibility index (Phi) is 8.34. The standard InChI is InChI=1S/C18H26FN3O3/c19-16-6-4-15(5-7-16)2-1-3-17(23)21-14-18(24)20-8-9-22-10-12-25-13-11-22/h4-7H,1-3,8-14H2,(H,20,24)(H,21,23). The maximum atomic E-state index is 12.8. The van der Waals surface area contributed by atoms with Crippen molar-refractivity contribution in [1.29, 1.82) is 0 Å². The van der Waals surface area contributed by atoms with E-state index in [1.165, 1.54) is 12.1 Å². The molecule has 2 N–H and O–H groups in total. The molecule has 0 saturated carbocycles. The van der Waals surface area contributed by atoms with Crippen LogP contribution in [0, 0.1) is 5.82 Å². The van der Waals surface area contributed by atoms with E-state index in [2.05, 4.69) is 15.5 Å². The zero-order valence-electron chi connectivity index (χ0n) is 14.4. The number of nitrogens with one attached hydrogen (secondary N) is 2. The molecule has 0 aliphatic carbocycles. The first kappa shape index (κ1) is 19.3. The Morgan fingerprint density at radius 2 is 1.80 bits per heavy atom. The van der Waals surface area contributed by atoms with Crippen molar-refractivity contribution in [2.24, 2.45) is 0 Å². The second-order valence-corrected chi connectivity index (χ2v) is 6.06. The van der Waals surface area contributed by atoms with Crippen molar-refractivity contribution >= 4 is 11.8 Å². The van der Waals surface area contributed by atoms with E-state index in [1.54, 1.807) is 12.1 Å². The molecule has 1 aromatic rings. The van der Waals surface area contributed by atoms with Crippen molar-refractivity contribution in [2.75, 3.05) is 45.9 Å². The molecule has 138 valence electrons. The highest BCUT2D eigenvalue weighted by Gasteiger charge is 2.10. The molecule has 0 bridgehead atoms. The first-order valence-electron chi connectivity index (χ1n) is 8.71. The number of carbonyl (C=O) groups is 2. The van der Waals surface area contributed by atoms with Crippen LogP contribution in [0.2, 0.25) is 0 Å². The predicted octanol–water partition coefficient (Wildman–Crippen LogP) is 0.713. The first-order valence-corrected chi connectivity index (χ1v) is 8.71. The molecule has 2 rings (SSSR count). The van der Waals surface area contributed by atoms with Gasteiger partial charge in [-0.2, -0.15) is 0 Å². The average molecular weight is 351 g/mol. The quantitative estimate of drug-likeness (QED) is 0.688. The molecule has 0 radical (unpaired) electrons. The van der Waals surface area contributed by atoms with Crippen molar-refractivity contribution in [3.05, 3.63) is 35.6 Å². The van der Waals surface area contributed by atoms with Crippen LogP contribution in [0.1, 0.15) is 18.4 Å². The van der Waals surface area contributed by atoms with Crippen LogP contribution < -0.4 is 10.6 Å². The van der Waals surface area contributed by atoms with E-state index < -0.39 is 0 Å². The summed E-state index contributed by atoms with van der Waals surface area (Å²) in [4.78, 5) is 25.7. The number of halogens is 1. The van der Waals surface area contributed by atoms with Crippen molar-refractivity contribution in [3.63, 3.8) is 0 Å². The Morgan fingerprint density at radius 1 is 1.08 bits per heavy atom. The third-order valence-electron chi connectivity index (χ3n) is 4.08. The summed E-state index contributed by atoms with van der Waals surface area (Å²) in [5, 5.41) is 5.42. The van der Waals surface area contributed by atoms with Gasteiger partial charge in [0.1, 0.15) is 5.82 Å². The number of amides is 2. The number of rotatable bonds is 9. The van der Waals surface area contributed by atoms with Crippen molar-refractivity contribution in [2.45, 2.75) is 19.3 Å². The normalized spacial score (nSPS) is 14.9. The average Bonchev–Trinajstić information content (AvgIpc) is 2.62. The fourth-order valence-electron chi connectivity index (χ4n) is 2.61. The van der Waals surface area contributed by atoms with E-state index in [-0.39, 0.29) is 24.2 Å². The van der Waals surface area contributed by atoms with Gasteiger partial charge in [-0.1, -0.05) is 12.1 Å². The molecule has 0 unspecified atom stereocenters. The minimum atomic E-state index is -0.263. The maximum absolute atomic E-state index is 12.8. The topological polar surface area (TPSA) is 70.7 Å². The predicted molar refractivity (Wildman–Crippen MR) is 92.6 cm³/mol. The van der Waals surface area contributed by atoms with Gasteiger partial charge in [-0.3, -0.25) is 14.5 Å². The highest BCUT2D eigenvalue weighted by atomic mass is 19.1. The molecular weight excluding hydrogens is 325 g/mol. The number of aryl methyl sites for hydroxylation is 1. The molecule has 0 spiro atoms. The van der Waals surface area contributed by atoms with Crippen LogP contribution in [0.3, 0.4) is 0 Å². The van der Waals surface area contributed by atoms with Gasteiger partial charge in [0, 0.05) is 32.6 Å². The number of hydrogen-bond acceptors (Lipinski definition) is 4. The molecule has 1 saturated heterocycles. The Balaban J connectivity index is 1.50. The molecule has 1 fully saturated rings. The number of nitrogens with zero attached hydrogens (tertiary/aromatic N) is 1. The van der Waals surface area contributed by atoms with Crippen LogP contribution in [-0.2, 0) is 20.7 Å². The number of benzene rings is 1. The summed E-state index contributed by atoms with van der Waals surface area (Å²) in [6.45, 7) is 4.61. The Labute approximate surface area is 147 Å². The summed E-state index contributed by atoms with van der Waals surface area (Å²) < 4.78 is 18.1. The second-order valence-electron chi connectivity index (χ2n) is 6.06. The minimum Gasteiger partial charge on any atom is -0.379 e. The number of morpholine rings is 1. The van der Waals surface area contributed by atoms with E-state index in [9.17, 15) is 14.0 Å². The lowest BCUT2D eigenvalue weighted by molar-refractivity contribution is -0.126. The highest BCUT2D eigenvalue weighted by molar-refractivity contribution is 5.84. The van der Waals surface area contributed by atoms with Crippen molar-refractivity contribution in [1.82, 2.24) is 15.5 Å². The molecule has 2 amide bonds. The molecule has 0 aromatic heterocycles. The maximum Gasteiger partial charge on any atom is 0.239 e. The van der Waals surface area contributed by atoms with E-state index >= 15 is 0 Å². The van der Waals surface area contributed by atoms with Gasteiger partial charge >= 0.3 is 0 Å². The molecule has 1 aliphatic rings. The molecular formula is C18H26FN3O3. The zero-order chi connectivity index (χ0) is 17.9. The van der Waals surface area contributed by atoms with Crippen LogP contribution in [0.25, 0.3) is 0 Å². The zero-order valence-corrected chi connectivity index (χ0v) is 14.4. The van der Waals surface area contributed by atoms with Crippen LogP contribution >= 0.6 is 0 Å². The fraction of sp³-hybridized carbons (Fsp3) is 0.556. The highest BCUT2D eigenvalue weighted by Crippen LogP contribution is 2.06. The van der Waals surface area contributed by atoms with E-state index in [0.717, 1.165) is 38.4 Å². The van der Waals surface area contributed by atoms with Gasteiger partial charge in [-0.25, -0.2) is 4.39 Å². The molecule has 7 heteroatoms. The summed E-state index contributed by atoms with van der Waals surface area (Å²) >= 11 is 0. The molecule has 1 aromatic carbocycles. The molecule has 1 aliphatic heterocycles. The summed E-state index contributed by atoms with van der Waals surface area (Å²) in [6, 6.07) is 6.26. The van der Waals surface area contributed by atoms with Gasteiger partial charge in [0.2, 0.25) is 11.8 Å². The summed E-state index contributed by atoms with van der Waals surface area (Å²) in [7, 11) is 0. The fourth-order valence-corrected chi connectivity index (χ4v) is 2.61. The first-order chi connectivity index (χ1) is 12.1. The van der Waals surface area contributed by atoms with Gasteiger partial charge in [0.25, 0.3) is 0 Å². The van der Waals surface area contributed by atoms with Crippen LogP contribution in [-0.4, -0.2) is 62.7 Å². The summed E-state index contributed by atoms with van der Waals surface area (Å²) in [5.41, 5.74) is 0.995. The van der Waals surface area contributed by atoms with Gasteiger partial charge in [0.05, 0.1) is 19.8 Å². The van der Waals surface area contributed by atoms with Crippen LogP contribution in [0.5, 0.6) is 0 Å². The van der Waals surface area contributed by atoms with Crippen molar-refractivity contribution < 1.29 is 18.7 Å². The lowest BCUT2D eigenvalue weighted by Crippen LogP contribution is -2.43. The molecule has 0 atom stereocenters. The van der Waals surface area contributed by atoms with Gasteiger partial charge in [0.15, 0.2) is 0 Å². The second kappa shape index (κ2) is 10.8. The Morgan fingerprint density at radius 3 is 2.52 bits per heavy atom. The number of hydrogen-bond donors (Lipinski definition) is 2. The Hall–Kier alpha value is -1.99. The largest absolute Gasteiger partial charge is 0.379 e. The lowest BCUT2D eigenvalue weighted by Gasteiger charge is -2.26. The van der Waals surface area contributed by atoms with Crippen LogP contribution in [0.15, 0.2) is 24.3 Å². The number of ether oxygens (including phenoxy) is 1. The minimum absolute atomic E-state index is 0.00150. The van der Waals surface area contributed by atoms with E-state index in [0.29, 0.717) is 25.8 Å². The Bertz CT molecular complexity index is 545.